The Morgan fingerprint density at radius 3 is 2.47 bits per heavy atom. The lowest BCUT2D eigenvalue weighted by Gasteiger charge is -2.16. The second-order valence-electron chi connectivity index (χ2n) is 4.00. The predicted molar refractivity (Wildman–Crippen MR) is 65.6 cm³/mol. The molecule has 0 spiro atoms. The number of hydrazine groups is 1. The summed E-state index contributed by atoms with van der Waals surface area (Å²) in [5.74, 6) is 5.63. The zero-order valence-electron chi connectivity index (χ0n) is 10.1. The summed E-state index contributed by atoms with van der Waals surface area (Å²) in [6.07, 6.45) is 3.86. The van der Waals surface area contributed by atoms with Gasteiger partial charge in [0.2, 0.25) is 0 Å². The van der Waals surface area contributed by atoms with Gasteiger partial charge in [-0.05, 0) is 35.7 Å². The molecule has 102 valence electrons. The number of alkyl halides is 2. The van der Waals surface area contributed by atoms with Gasteiger partial charge in [-0.3, -0.25) is 11.3 Å². The molecule has 0 saturated heterocycles. The molecule has 0 saturated carbocycles. The van der Waals surface area contributed by atoms with Crippen LogP contribution in [0, 0.1) is 0 Å². The van der Waals surface area contributed by atoms with Crippen molar-refractivity contribution >= 4 is 0 Å². The largest absolute Gasteiger partial charge is 0.472 e. The summed E-state index contributed by atoms with van der Waals surface area (Å²) in [7, 11) is 0. The van der Waals surface area contributed by atoms with Gasteiger partial charge >= 0.3 is 6.61 Å². The molecule has 0 radical (unpaired) electrons. The number of furan rings is 1. The van der Waals surface area contributed by atoms with Gasteiger partial charge in [-0.25, -0.2) is 0 Å². The van der Waals surface area contributed by atoms with Gasteiger partial charge in [0.1, 0.15) is 5.75 Å². The highest BCUT2D eigenvalue weighted by Gasteiger charge is 2.12. The average Bonchev–Trinajstić information content (AvgIpc) is 2.89. The summed E-state index contributed by atoms with van der Waals surface area (Å²) in [4.78, 5) is 0. The number of hydrogen-bond acceptors (Lipinski definition) is 4. The number of nitrogens with two attached hydrogens (primary N) is 1. The smallest absolute Gasteiger partial charge is 0.387 e. The fraction of sp³-hybridized carbons (Fsp3) is 0.231. The van der Waals surface area contributed by atoms with Crippen molar-refractivity contribution in [3.63, 3.8) is 0 Å². The predicted octanol–water partition coefficient (Wildman–Crippen LogP) is 2.63. The van der Waals surface area contributed by atoms with E-state index in [4.69, 9.17) is 10.3 Å². The molecule has 0 bridgehead atoms. The highest BCUT2D eigenvalue weighted by molar-refractivity contribution is 5.30. The molecule has 1 unspecified atom stereocenters. The van der Waals surface area contributed by atoms with Crippen molar-refractivity contribution in [2.45, 2.75) is 19.1 Å². The third-order valence-corrected chi connectivity index (χ3v) is 2.73. The third kappa shape index (κ3) is 3.77. The van der Waals surface area contributed by atoms with Crippen LogP contribution in [0.3, 0.4) is 0 Å². The van der Waals surface area contributed by atoms with Crippen molar-refractivity contribution < 1.29 is 17.9 Å². The molecule has 2 aromatic rings. The third-order valence-electron chi connectivity index (χ3n) is 2.73. The Balaban J connectivity index is 2.06. The van der Waals surface area contributed by atoms with Crippen molar-refractivity contribution in [3.05, 3.63) is 54.0 Å². The number of halogens is 2. The molecule has 0 amide bonds. The van der Waals surface area contributed by atoms with Gasteiger partial charge < -0.3 is 9.15 Å². The zero-order chi connectivity index (χ0) is 13.7. The molecule has 0 fully saturated rings. The van der Waals surface area contributed by atoms with Crippen LogP contribution in [0.4, 0.5) is 8.78 Å². The summed E-state index contributed by atoms with van der Waals surface area (Å²) in [5.41, 5.74) is 4.56. The van der Waals surface area contributed by atoms with Crippen LogP contribution in [-0.4, -0.2) is 6.61 Å². The van der Waals surface area contributed by atoms with Crippen LogP contribution in [-0.2, 0) is 6.42 Å². The Hall–Kier alpha value is -1.92. The Bertz CT molecular complexity index is 486. The molecule has 3 N–H and O–H groups in total. The zero-order valence-corrected chi connectivity index (χ0v) is 10.1. The first-order valence-electron chi connectivity index (χ1n) is 5.71. The van der Waals surface area contributed by atoms with E-state index in [9.17, 15) is 8.78 Å². The monoisotopic (exact) mass is 268 g/mol. The minimum absolute atomic E-state index is 0.123. The van der Waals surface area contributed by atoms with E-state index in [1.165, 1.54) is 12.1 Å². The molecule has 0 aliphatic carbocycles. The van der Waals surface area contributed by atoms with Gasteiger partial charge in [-0.15, -0.1) is 0 Å². The van der Waals surface area contributed by atoms with Crippen LogP contribution in [0.1, 0.15) is 17.2 Å². The van der Waals surface area contributed by atoms with E-state index in [1.807, 2.05) is 6.07 Å². The lowest BCUT2D eigenvalue weighted by Crippen LogP contribution is -2.29. The van der Waals surface area contributed by atoms with Gasteiger partial charge in [0.15, 0.2) is 0 Å². The highest BCUT2D eigenvalue weighted by atomic mass is 19.3. The maximum atomic E-state index is 12.0. The molecule has 1 atom stereocenters. The standard InChI is InChI=1S/C13H14F2N2O2/c14-13(15)19-11-3-1-10(2-4-11)12(17-16)7-9-5-6-18-8-9/h1-6,8,12-13,17H,7,16H2. The summed E-state index contributed by atoms with van der Waals surface area (Å²) < 4.78 is 33.3. The van der Waals surface area contributed by atoms with E-state index < -0.39 is 6.61 Å². The molecule has 6 heteroatoms. The first kappa shape index (κ1) is 13.5. The fourth-order valence-electron chi connectivity index (χ4n) is 1.80. The summed E-state index contributed by atoms with van der Waals surface area (Å²) in [6, 6.07) is 8.09. The normalized spacial score (nSPS) is 12.6. The van der Waals surface area contributed by atoms with Crippen LogP contribution >= 0.6 is 0 Å². The second kappa shape index (κ2) is 6.31. The van der Waals surface area contributed by atoms with Crippen LogP contribution < -0.4 is 16.0 Å². The number of benzene rings is 1. The molecule has 19 heavy (non-hydrogen) atoms. The van der Waals surface area contributed by atoms with E-state index >= 15 is 0 Å². The molecule has 0 aliphatic rings. The van der Waals surface area contributed by atoms with Gasteiger partial charge in [0.25, 0.3) is 0 Å². The van der Waals surface area contributed by atoms with Gasteiger partial charge in [-0.2, -0.15) is 8.78 Å². The fourth-order valence-corrected chi connectivity index (χ4v) is 1.80. The first-order valence-corrected chi connectivity index (χ1v) is 5.71. The molecule has 2 rings (SSSR count). The Morgan fingerprint density at radius 1 is 1.21 bits per heavy atom. The maximum absolute atomic E-state index is 12.0. The SMILES string of the molecule is NNC(Cc1ccoc1)c1ccc(OC(F)F)cc1. The minimum Gasteiger partial charge on any atom is -0.472 e. The van der Waals surface area contributed by atoms with E-state index in [0.717, 1.165) is 11.1 Å². The topological polar surface area (TPSA) is 60.4 Å². The van der Waals surface area contributed by atoms with Gasteiger partial charge in [0, 0.05) is 0 Å². The summed E-state index contributed by atoms with van der Waals surface area (Å²) in [5, 5.41) is 0. The van der Waals surface area contributed by atoms with E-state index in [0.29, 0.717) is 6.42 Å². The average molecular weight is 268 g/mol. The lowest BCUT2D eigenvalue weighted by molar-refractivity contribution is -0.0498. The van der Waals surface area contributed by atoms with Crippen LogP contribution in [0.25, 0.3) is 0 Å². The number of hydrogen-bond donors (Lipinski definition) is 2. The van der Waals surface area contributed by atoms with E-state index in [-0.39, 0.29) is 11.8 Å². The van der Waals surface area contributed by atoms with E-state index in [2.05, 4.69) is 10.2 Å². The number of rotatable bonds is 6. The molecule has 1 aromatic heterocycles. The maximum Gasteiger partial charge on any atom is 0.387 e. The van der Waals surface area contributed by atoms with Crippen LogP contribution in [0.15, 0.2) is 47.3 Å². The van der Waals surface area contributed by atoms with Crippen LogP contribution in [0.2, 0.25) is 0 Å². The van der Waals surface area contributed by atoms with Gasteiger partial charge in [-0.1, -0.05) is 12.1 Å². The minimum atomic E-state index is -2.82. The van der Waals surface area contributed by atoms with Crippen LogP contribution in [0.5, 0.6) is 5.75 Å². The molecular weight excluding hydrogens is 254 g/mol. The highest BCUT2D eigenvalue weighted by Crippen LogP contribution is 2.21. The molecule has 0 aliphatic heterocycles. The molecule has 4 nitrogen and oxygen atoms in total. The van der Waals surface area contributed by atoms with Crippen molar-refractivity contribution in [2.24, 2.45) is 5.84 Å². The Labute approximate surface area is 109 Å². The molecule has 1 aromatic carbocycles. The first-order chi connectivity index (χ1) is 9.19. The Kier molecular flexibility index (Phi) is 4.48. The number of nitrogens with one attached hydrogen (secondary N) is 1. The van der Waals surface area contributed by atoms with Crippen molar-refractivity contribution in [1.29, 1.82) is 0 Å². The summed E-state index contributed by atoms with van der Waals surface area (Å²) in [6.45, 7) is -2.82. The molecular formula is C13H14F2N2O2. The van der Waals surface area contributed by atoms with Crippen molar-refractivity contribution in [2.75, 3.05) is 0 Å². The lowest BCUT2D eigenvalue weighted by atomic mass is 10.0. The second-order valence-corrected chi connectivity index (χ2v) is 4.00. The van der Waals surface area contributed by atoms with Gasteiger partial charge in [0.05, 0.1) is 18.6 Å². The number of ether oxygens (including phenoxy) is 1. The quantitative estimate of drug-likeness (QED) is 0.624. The van der Waals surface area contributed by atoms with Crippen molar-refractivity contribution in [3.8, 4) is 5.75 Å². The molecule has 1 heterocycles. The summed E-state index contributed by atoms with van der Waals surface area (Å²) >= 11 is 0. The Morgan fingerprint density at radius 2 is 1.95 bits per heavy atom. The van der Waals surface area contributed by atoms with Crippen molar-refractivity contribution in [1.82, 2.24) is 5.43 Å². The van der Waals surface area contributed by atoms with E-state index in [1.54, 1.807) is 24.7 Å².